The second kappa shape index (κ2) is 5.45. The normalized spacial score (nSPS) is 30.2. The number of allylic oxidation sites excluding steroid dienone is 2. The molecule has 0 spiro atoms. The zero-order chi connectivity index (χ0) is 17.0. The van der Waals surface area contributed by atoms with Gasteiger partial charge in [0, 0.05) is 17.6 Å². The molecule has 124 valence electrons. The standard InChI is InChI=1S/C18H17ClN2O3/c1-10(22)20(14-4-2-3-13(19)8-14)9-21-17(23)15-11-5-6-12(7-11)16(15)18(21)24/h2-6,8,11-12,15-16H,7,9H2,1H3/t11-,12-,15+,16+/m0/s1. The van der Waals surface area contributed by atoms with E-state index in [0.717, 1.165) is 6.42 Å². The van der Waals surface area contributed by atoms with E-state index in [1.54, 1.807) is 24.3 Å². The number of rotatable bonds is 3. The number of hydrogen-bond donors (Lipinski definition) is 0. The summed E-state index contributed by atoms with van der Waals surface area (Å²) in [4.78, 5) is 40.2. The van der Waals surface area contributed by atoms with E-state index >= 15 is 0 Å². The number of imide groups is 1. The molecule has 1 saturated heterocycles. The van der Waals surface area contributed by atoms with Crippen LogP contribution in [0.1, 0.15) is 13.3 Å². The maximum atomic E-state index is 12.8. The summed E-state index contributed by atoms with van der Waals surface area (Å²) in [5, 5.41) is 0.497. The number of fused-ring (bicyclic) bond motifs is 5. The molecule has 1 heterocycles. The highest BCUT2D eigenvalue weighted by molar-refractivity contribution is 6.30. The van der Waals surface area contributed by atoms with Crippen molar-refractivity contribution in [3.05, 3.63) is 41.4 Å². The summed E-state index contributed by atoms with van der Waals surface area (Å²) >= 11 is 6.00. The Morgan fingerprint density at radius 1 is 1.21 bits per heavy atom. The van der Waals surface area contributed by atoms with Gasteiger partial charge in [-0.25, -0.2) is 0 Å². The minimum Gasteiger partial charge on any atom is -0.294 e. The lowest BCUT2D eigenvalue weighted by Gasteiger charge is -2.27. The predicted octanol–water partition coefficient (Wildman–Crippen LogP) is 2.46. The van der Waals surface area contributed by atoms with Crippen molar-refractivity contribution >= 4 is 35.0 Å². The maximum absolute atomic E-state index is 12.8. The average Bonchev–Trinajstić information content (AvgIpc) is 3.20. The van der Waals surface area contributed by atoms with Crippen LogP contribution in [0.25, 0.3) is 0 Å². The lowest BCUT2D eigenvalue weighted by molar-refractivity contribution is -0.140. The molecule has 4 rings (SSSR count). The van der Waals surface area contributed by atoms with Gasteiger partial charge in [0.2, 0.25) is 17.7 Å². The molecule has 0 unspecified atom stereocenters. The van der Waals surface area contributed by atoms with E-state index in [-0.39, 0.29) is 48.1 Å². The van der Waals surface area contributed by atoms with Crippen LogP contribution in [0.3, 0.4) is 0 Å². The predicted molar refractivity (Wildman–Crippen MR) is 89.0 cm³/mol. The first kappa shape index (κ1) is 15.4. The summed E-state index contributed by atoms with van der Waals surface area (Å²) in [5.41, 5.74) is 0.578. The van der Waals surface area contributed by atoms with Crippen LogP contribution in [0.5, 0.6) is 0 Å². The highest BCUT2D eigenvalue weighted by Gasteiger charge is 2.59. The van der Waals surface area contributed by atoms with Crippen LogP contribution in [0, 0.1) is 23.7 Å². The van der Waals surface area contributed by atoms with E-state index < -0.39 is 0 Å². The Morgan fingerprint density at radius 2 is 1.83 bits per heavy atom. The zero-order valence-electron chi connectivity index (χ0n) is 13.2. The van der Waals surface area contributed by atoms with Gasteiger partial charge in [-0.15, -0.1) is 0 Å². The fraction of sp³-hybridized carbons (Fsp3) is 0.389. The van der Waals surface area contributed by atoms with Crippen LogP contribution in [0.15, 0.2) is 36.4 Å². The Labute approximate surface area is 144 Å². The van der Waals surface area contributed by atoms with E-state index in [1.165, 1.54) is 16.7 Å². The SMILES string of the molecule is CC(=O)N(CN1C(=O)[C@H]2[C@H](C1=O)[C@H]1C=C[C@H]2C1)c1cccc(Cl)c1. The fourth-order valence-electron chi connectivity index (χ4n) is 4.25. The van der Waals surface area contributed by atoms with Crippen LogP contribution in [0.2, 0.25) is 5.02 Å². The van der Waals surface area contributed by atoms with Gasteiger partial charge in [-0.3, -0.25) is 24.2 Å². The Bertz CT molecular complexity index is 745. The Kier molecular flexibility index (Phi) is 3.49. The van der Waals surface area contributed by atoms with Crippen molar-refractivity contribution in [1.29, 1.82) is 0 Å². The summed E-state index contributed by atoms with van der Waals surface area (Å²) in [6, 6.07) is 6.84. The summed E-state index contributed by atoms with van der Waals surface area (Å²) in [7, 11) is 0. The number of nitrogens with zero attached hydrogens (tertiary/aromatic N) is 2. The van der Waals surface area contributed by atoms with Gasteiger partial charge in [-0.05, 0) is 36.5 Å². The number of likely N-dealkylation sites (tertiary alicyclic amines) is 1. The Balaban J connectivity index is 1.61. The quantitative estimate of drug-likeness (QED) is 0.625. The molecule has 3 aliphatic rings. The second-order valence-corrected chi connectivity index (χ2v) is 7.11. The van der Waals surface area contributed by atoms with E-state index in [4.69, 9.17) is 11.6 Å². The van der Waals surface area contributed by atoms with Gasteiger partial charge in [0.05, 0.1) is 11.8 Å². The van der Waals surface area contributed by atoms with Crippen molar-refractivity contribution in [2.24, 2.45) is 23.7 Å². The summed E-state index contributed by atoms with van der Waals surface area (Å²) in [5.74, 6) is -0.723. The largest absolute Gasteiger partial charge is 0.294 e. The molecule has 6 heteroatoms. The Morgan fingerprint density at radius 3 is 2.38 bits per heavy atom. The van der Waals surface area contributed by atoms with Gasteiger partial charge in [0.1, 0.15) is 6.67 Å². The highest BCUT2D eigenvalue weighted by atomic mass is 35.5. The van der Waals surface area contributed by atoms with Crippen molar-refractivity contribution < 1.29 is 14.4 Å². The maximum Gasteiger partial charge on any atom is 0.235 e. The molecule has 4 atom stereocenters. The molecular formula is C18H17ClN2O3. The third-order valence-corrected chi connectivity index (χ3v) is 5.58. The first-order valence-electron chi connectivity index (χ1n) is 8.04. The molecule has 2 aliphatic carbocycles. The summed E-state index contributed by atoms with van der Waals surface area (Å²) < 4.78 is 0. The molecule has 1 aromatic carbocycles. The van der Waals surface area contributed by atoms with Crippen molar-refractivity contribution in [3.63, 3.8) is 0 Å². The van der Waals surface area contributed by atoms with Crippen LogP contribution >= 0.6 is 11.6 Å². The topological polar surface area (TPSA) is 57.7 Å². The van der Waals surface area contributed by atoms with Gasteiger partial charge in [0.15, 0.2) is 0 Å². The van der Waals surface area contributed by atoms with Gasteiger partial charge in [0.25, 0.3) is 0 Å². The first-order valence-corrected chi connectivity index (χ1v) is 8.42. The fourth-order valence-corrected chi connectivity index (χ4v) is 4.44. The highest BCUT2D eigenvalue weighted by Crippen LogP contribution is 2.52. The minimum absolute atomic E-state index is 0.0558. The van der Waals surface area contributed by atoms with Gasteiger partial charge < -0.3 is 0 Å². The number of benzene rings is 1. The van der Waals surface area contributed by atoms with Crippen molar-refractivity contribution in [1.82, 2.24) is 4.90 Å². The van der Waals surface area contributed by atoms with Crippen LogP contribution in [-0.4, -0.2) is 29.3 Å². The molecule has 24 heavy (non-hydrogen) atoms. The van der Waals surface area contributed by atoms with E-state index in [2.05, 4.69) is 12.2 Å². The van der Waals surface area contributed by atoms with Crippen LogP contribution < -0.4 is 4.90 Å². The molecule has 0 radical (unpaired) electrons. The minimum atomic E-state index is -0.249. The van der Waals surface area contributed by atoms with Crippen molar-refractivity contribution in [3.8, 4) is 0 Å². The molecule has 0 N–H and O–H groups in total. The number of carbonyl (C=O) groups excluding carboxylic acids is 3. The zero-order valence-corrected chi connectivity index (χ0v) is 13.9. The number of hydrogen-bond acceptors (Lipinski definition) is 3. The van der Waals surface area contributed by atoms with Crippen molar-refractivity contribution in [2.45, 2.75) is 13.3 Å². The molecule has 5 nitrogen and oxygen atoms in total. The third-order valence-electron chi connectivity index (χ3n) is 5.34. The molecule has 1 aromatic rings. The third kappa shape index (κ3) is 2.18. The van der Waals surface area contributed by atoms with Crippen molar-refractivity contribution in [2.75, 3.05) is 11.6 Å². The second-order valence-electron chi connectivity index (χ2n) is 6.67. The molecule has 1 aliphatic heterocycles. The molecular weight excluding hydrogens is 328 g/mol. The van der Waals surface area contributed by atoms with E-state index in [0.29, 0.717) is 10.7 Å². The Hall–Kier alpha value is -2.14. The number of carbonyl (C=O) groups is 3. The molecule has 3 amide bonds. The average molecular weight is 345 g/mol. The van der Waals surface area contributed by atoms with Crippen LogP contribution in [-0.2, 0) is 14.4 Å². The van der Waals surface area contributed by atoms with Crippen LogP contribution in [0.4, 0.5) is 5.69 Å². The lowest BCUT2D eigenvalue weighted by atomic mass is 9.85. The molecule has 2 bridgehead atoms. The monoisotopic (exact) mass is 344 g/mol. The first-order chi connectivity index (χ1) is 11.5. The number of halogens is 1. The molecule has 0 aromatic heterocycles. The molecule has 1 saturated carbocycles. The van der Waals surface area contributed by atoms with Gasteiger partial charge in [-0.2, -0.15) is 0 Å². The van der Waals surface area contributed by atoms with Gasteiger partial charge in [-0.1, -0.05) is 29.8 Å². The smallest absolute Gasteiger partial charge is 0.235 e. The number of amides is 3. The summed E-state index contributed by atoms with van der Waals surface area (Å²) in [6.45, 7) is 1.36. The summed E-state index contributed by atoms with van der Waals surface area (Å²) in [6.07, 6.45) is 5.01. The van der Waals surface area contributed by atoms with E-state index in [9.17, 15) is 14.4 Å². The van der Waals surface area contributed by atoms with E-state index in [1.807, 2.05) is 0 Å². The lowest BCUT2D eigenvalue weighted by Crippen LogP contribution is -2.44. The number of anilines is 1. The van der Waals surface area contributed by atoms with Gasteiger partial charge >= 0.3 is 0 Å². The molecule has 2 fully saturated rings.